The summed E-state index contributed by atoms with van der Waals surface area (Å²) >= 11 is 7.39. The second kappa shape index (κ2) is 6.48. The summed E-state index contributed by atoms with van der Waals surface area (Å²) in [6.45, 7) is 0. The first kappa shape index (κ1) is 16.6. The molecule has 0 saturated heterocycles. The maximum Gasteiger partial charge on any atom is 0.211 e. The lowest BCUT2D eigenvalue weighted by Crippen LogP contribution is -2.24. The monoisotopic (exact) mass is 384 g/mol. The number of halogens is 2. The zero-order chi connectivity index (χ0) is 18.3. The second-order valence-corrected chi connectivity index (χ2v) is 6.80. The van der Waals surface area contributed by atoms with E-state index in [-0.39, 0.29) is 22.3 Å². The fourth-order valence-electron chi connectivity index (χ4n) is 2.65. The van der Waals surface area contributed by atoms with Crippen molar-refractivity contribution in [2.24, 2.45) is 0 Å². The summed E-state index contributed by atoms with van der Waals surface area (Å²) in [7, 11) is 0. The third-order valence-corrected chi connectivity index (χ3v) is 5.06. The van der Waals surface area contributed by atoms with Crippen LogP contribution in [0.15, 0.2) is 64.6 Å². The molecule has 1 aromatic heterocycles. The number of fused-ring (bicyclic) bond motifs is 1. The minimum atomic E-state index is -0.403. The van der Waals surface area contributed by atoms with Crippen LogP contribution in [0, 0.1) is 5.82 Å². The number of carbonyl (C=O) groups is 2. The fourth-order valence-corrected chi connectivity index (χ4v) is 3.61. The van der Waals surface area contributed by atoms with Crippen molar-refractivity contribution in [2.45, 2.75) is 0 Å². The number of Topliss-reactive ketones (excluding diaryl/α,β-unsaturated/α-hetero) is 2. The molecule has 0 spiro atoms. The first-order valence-corrected chi connectivity index (χ1v) is 8.87. The van der Waals surface area contributed by atoms with Crippen molar-refractivity contribution in [1.29, 1.82) is 0 Å². The third kappa shape index (κ3) is 2.83. The third-order valence-electron chi connectivity index (χ3n) is 3.94. The summed E-state index contributed by atoms with van der Waals surface area (Å²) in [5, 5.41) is 4.89. The van der Waals surface area contributed by atoms with Crippen LogP contribution < -0.4 is 5.32 Å². The Morgan fingerprint density at radius 1 is 0.962 bits per heavy atom. The Labute approximate surface area is 157 Å². The Morgan fingerprint density at radius 3 is 2.31 bits per heavy atom. The van der Waals surface area contributed by atoms with Crippen LogP contribution in [-0.4, -0.2) is 16.6 Å². The Bertz CT molecular complexity index is 1070. The smallest absolute Gasteiger partial charge is 0.211 e. The van der Waals surface area contributed by atoms with Gasteiger partial charge in [0.15, 0.2) is 5.13 Å². The van der Waals surface area contributed by atoms with Gasteiger partial charge in [-0.25, -0.2) is 9.37 Å². The van der Waals surface area contributed by atoms with Crippen molar-refractivity contribution < 1.29 is 14.0 Å². The zero-order valence-corrected chi connectivity index (χ0v) is 14.7. The maximum atomic E-state index is 13.0. The molecule has 1 N–H and O–H groups in total. The van der Waals surface area contributed by atoms with E-state index < -0.39 is 5.78 Å². The molecule has 0 aliphatic heterocycles. The van der Waals surface area contributed by atoms with Crippen LogP contribution in [0.5, 0.6) is 0 Å². The van der Waals surface area contributed by atoms with Gasteiger partial charge in [-0.15, -0.1) is 11.3 Å². The molecule has 4 rings (SSSR count). The molecule has 0 atom stereocenters. The Hall–Kier alpha value is -2.83. The van der Waals surface area contributed by atoms with Crippen LogP contribution in [0.25, 0.3) is 11.3 Å². The van der Waals surface area contributed by atoms with E-state index >= 15 is 0 Å². The van der Waals surface area contributed by atoms with Crippen LogP contribution in [0.4, 0.5) is 9.52 Å². The number of rotatable bonds is 3. The molecular weight excluding hydrogens is 375 g/mol. The van der Waals surface area contributed by atoms with Gasteiger partial charge in [-0.2, -0.15) is 0 Å². The van der Waals surface area contributed by atoms with Crippen molar-refractivity contribution in [1.82, 2.24) is 4.98 Å². The van der Waals surface area contributed by atoms with Crippen LogP contribution in [0.3, 0.4) is 0 Å². The molecule has 1 heterocycles. The lowest BCUT2D eigenvalue weighted by Gasteiger charge is -2.17. The van der Waals surface area contributed by atoms with Gasteiger partial charge in [-0.05, 0) is 24.3 Å². The minimum Gasteiger partial charge on any atom is -0.327 e. The zero-order valence-electron chi connectivity index (χ0n) is 13.1. The highest BCUT2D eigenvalue weighted by Gasteiger charge is 2.31. The number of hydrogen-bond donors (Lipinski definition) is 1. The number of aromatic nitrogens is 1. The number of benzene rings is 2. The number of hydrogen-bond acceptors (Lipinski definition) is 5. The maximum absolute atomic E-state index is 13.0. The molecule has 128 valence electrons. The van der Waals surface area contributed by atoms with Gasteiger partial charge in [0.25, 0.3) is 0 Å². The van der Waals surface area contributed by atoms with E-state index in [9.17, 15) is 14.0 Å². The molecule has 0 radical (unpaired) electrons. The standard InChI is InChI=1S/C19H10ClFN2O2S/c20-15-16(18(25)13-4-2-1-3-12(13)17(15)24)23-19-22-14(9-26-19)10-5-7-11(21)8-6-10/h1-9H,(H,22,23). The summed E-state index contributed by atoms with van der Waals surface area (Å²) in [5.74, 6) is -1.09. The van der Waals surface area contributed by atoms with E-state index in [0.717, 1.165) is 5.56 Å². The summed E-state index contributed by atoms with van der Waals surface area (Å²) in [4.78, 5) is 29.4. The van der Waals surface area contributed by atoms with Gasteiger partial charge in [-0.3, -0.25) is 9.59 Å². The van der Waals surface area contributed by atoms with E-state index in [0.29, 0.717) is 22.0 Å². The highest BCUT2D eigenvalue weighted by molar-refractivity contribution is 7.14. The molecule has 26 heavy (non-hydrogen) atoms. The van der Waals surface area contributed by atoms with Crippen molar-refractivity contribution in [3.05, 3.63) is 81.6 Å². The summed E-state index contributed by atoms with van der Waals surface area (Å²) in [5.41, 5.74) is 1.98. The van der Waals surface area contributed by atoms with Crippen LogP contribution in [0.1, 0.15) is 20.7 Å². The topological polar surface area (TPSA) is 59.1 Å². The van der Waals surface area contributed by atoms with Gasteiger partial charge in [-0.1, -0.05) is 35.9 Å². The lowest BCUT2D eigenvalue weighted by atomic mass is 9.92. The Morgan fingerprint density at radius 2 is 1.62 bits per heavy atom. The van der Waals surface area contributed by atoms with Gasteiger partial charge >= 0.3 is 0 Å². The molecule has 4 nitrogen and oxygen atoms in total. The van der Waals surface area contributed by atoms with Crippen molar-refractivity contribution in [3.8, 4) is 11.3 Å². The summed E-state index contributed by atoms with van der Waals surface area (Å²) < 4.78 is 13.0. The normalized spacial score (nSPS) is 13.8. The molecule has 2 aromatic carbocycles. The van der Waals surface area contributed by atoms with Gasteiger partial charge in [0.05, 0.1) is 5.69 Å². The molecule has 0 fully saturated rings. The van der Waals surface area contributed by atoms with Crippen molar-refractivity contribution in [3.63, 3.8) is 0 Å². The lowest BCUT2D eigenvalue weighted by molar-refractivity contribution is 0.0982. The number of carbonyl (C=O) groups excluding carboxylic acids is 2. The quantitative estimate of drug-likeness (QED) is 0.698. The molecule has 0 unspecified atom stereocenters. The molecule has 0 bridgehead atoms. The summed E-state index contributed by atoms with van der Waals surface area (Å²) in [6, 6.07) is 12.5. The van der Waals surface area contributed by atoms with E-state index in [1.165, 1.54) is 23.5 Å². The van der Waals surface area contributed by atoms with Gasteiger partial charge in [0.1, 0.15) is 16.5 Å². The highest BCUT2D eigenvalue weighted by Crippen LogP contribution is 2.31. The Balaban J connectivity index is 1.65. The molecule has 0 amide bonds. The minimum absolute atomic E-state index is 0.00960. The van der Waals surface area contributed by atoms with Crippen molar-refractivity contribution >= 4 is 39.6 Å². The van der Waals surface area contributed by atoms with E-state index in [1.54, 1.807) is 41.8 Å². The number of thiazole rings is 1. The highest BCUT2D eigenvalue weighted by atomic mass is 35.5. The molecule has 1 aliphatic carbocycles. The number of anilines is 1. The van der Waals surface area contributed by atoms with Crippen LogP contribution >= 0.6 is 22.9 Å². The van der Waals surface area contributed by atoms with Crippen molar-refractivity contribution in [2.75, 3.05) is 5.32 Å². The first-order valence-electron chi connectivity index (χ1n) is 7.61. The SMILES string of the molecule is O=C1C(Cl)=C(Nc2nc(-c3ccc(F)cc3)cs2)C(=O)c2ccccc21. The Kier molecular flexibility index (Phi) is 4.14. The molecule has 7 heteroatoms. The number of allylic oxidation sites excluding steroid dienone is 2. The summed E-state index contributed by atoms with van der Waals surface area (Å²) in [6.07, 6.45) is 0. The number of nitrogens with one attached hydrogen (secondary N) is 1. The van der Waals surface area contributed by atoms with Gasteiger partial charge < -0.3 is 5.32 Å². The van der Waals surface area contributed by atoms with Crippen LogP contribution in [-0.2, 0) is 0 Å². The van der Waals surface area contributed by atoms with E-state index in [2.05, 4.69) is 10.3 Å². The largest absolute Gasteiger partial charge is 0.327 e. The number of ketones is 2. The van der Waals surface area contributed by atoms with Crippen LogP contribution in [0.2, 0.25) is 0 Å². The van der Waals surface area contributed by atoms with Gasteiger partial charge in [0, 0.05) is 22.1 Å². The average molecular weight is 385 g/mol. The fraction of sp³-hybridized carbons (Fsp3) is 0. The molecule has 3 aromatic rings. The predicted octanol–water partition coefficient (Wildman–Crippen LogP) is 4.89. The second-order valence-electron chi connectivity index (χ2n) is 5.56. The average Bonchev–Trinajstić information content (AvgIpc) is 3.13. The molecular formula is C19H10ClFN2O2S. The molecule has 0 saturated carbocycles. The van der Waals surface area contributed by atoms with Gasteiger partial charge in [0.2, 0.25) is 11.6 Å². The van der Waals surface area contributed by atoms with E-state index in [1.807, 2.05) is 0 Å². The first-order chi connectivity index (χ1) is 12.5. The number of nitrogens with zero attached hydrogens (tertiary/aromatic N) is 1. The molecule has 1 aliphatic rings. The predicted molar refractivity (Wildman–Crippen MR) is 99.1 cm³/mol. The van der Waals surface area contributed by atoms with E-state index in [4.69, 9.17) is 11.6 Å².